The Bertz CT molecular complexity index is 715. The molecule has 122 valence electrons. The Kier molecular flexibility index (Phi) is 3.13. The molecule has 0 fully saturated rings. The van der Waals surface area contributed by atoms with Crippen LogP contribution in [0.25, 0.3) is 11.1 Å². The molecule has 0 N–H and O–H groups in total. The van der Waals surface area contributed by atoms with Crippen LogP contribution in [0.3, 0.4) is 0 Å². The van der Waals surface area contributed by atoms with Gasteiger partial charge in [-0.15, -0.1) is 0 Å². The molecule has 0 atom stereocenters. The minimum Gasteiger partial charge on any atom is -0.169 e. The van der Waals surface area contributed by atoms with E-state index in [-0.39, 0.29) is 11.1 Å². The summed E-state index contributed by atoms with van der Waals surface area (Å²) < 4.78 is 82.9. The highest BCUT2D eigenvalue weighted by molar-refractivity contribution is 5.82. The van der Waals surface area contributed by atoms with E-state index in [0.29, 0.717) is 11.1 Å². The highest BCUT2D eigenvalue weighted by Crippen LogP contribution is 2.63. The van der Waals surface area contributed by atoms with E-state index in [9.17, 15) is 26.3 Å². The molecule has 2 aromatic rings. The number of hydrogen-bond acceptors (Lipinski definition) is 0. The SMILES string of the molecule is Cc1ccc2c(c1)C(C(F)(F)F)(C(F)(F)F)c1cc(C)ccc1-2. The number of aryl methyl sites for hydroxylation is 2. The monoisotopic (exact) mass is 330 g/mol. The molecule has 0 bridgehead atoms. The third-order valence-electron chi connectivity index (χ3n) is 4.30. The fourth-order valence-electron chi connectivity index (χ4n) is 3.32. The average Bonchev–Trinajstić information content (AvgIpc) is 2.66. The van der Waals surface area contributed by atoms with Crippen molar-refractivity contribution in [2.24, 2.45) is 0 Å². The van der Waals surface area contributed by atoms with Gasteiger partial charge in [0.25, 0.3) is 0 Å². The number of rotatable bonds is 0. The molecule has 0 aliphatic heterocycles. The maximum Gasteiger partial charge on any atom is 0.411 e. The predicted molar refractivity (Wildman–Crippen MR) is 74.2 cm³/mol. The minimum atomic E-state index is -5.49. The first-order chi connectivity index (χ1) is 10.5. The van der Waals surface area contributed by atoms with E-state index in [1.54, 1.807) is 0 Å². The van der Waals surface area contributed by atoms with E-state index in [2.05, 4.69) is 0 Å². The second-order valence-electron chi connectivity index (χ2n) is 5.84. The van der Waals surface area contributed by atoms with Crippen molar-refractivity contribution in [3.63, 3.8) is 0 Å². The molecule has 1 aliphatic rings. The van der Waals surface area contributed by atoms with Gasteiger partial charge >= 0.3 is 12.4 Å². The topological polar surface area (TPSA) is 0 Å². The Hall–Kier alpha value is -1.98. The van der Waals surface area contributed by atoms with Crippen LogP contribution in [-0.2, 0) is 5.41 Å². The van der Waals surface area contributed by atoms with Crippen molar-refractivity contribution < 1.29 is 26.3 Å². The number of benzene rings is 2. The molecule has 23 heavy (non-hydrogen) atoms. The Labute approximate surface area is 128 Å². The smallest absolute Gasteiger partial charge is 0.169 e. The molecule has 0 heterocycles. The zero-order valence-corrected chi connectivity index (χ0v) is 12.2. The van der Waals surface area contributed by atoms with Crippen LogP contribution in [0.15, 0.2) is 36.4 Å². The minimum absolute atomic E-state index is 0.0137. The molecule has 6 heteroatoms. The van der Waals surface area contributed by atoms with Crippen molar-refractivity contribution in [2.45, 2.75) is 31.6 Å². The highest BCUT2D eigenvalue weighted by Gasteiger charge is 2.75. The van der Waals surface area contributed by atoms with Gasteiger partial charge in [-0.3, -0.25) is 0 Å². The van der Waals surface area contributed by atoms with E-state index < -0.39 is 28.9 Å². The van der Waals surface area contributed by atoms with E-state index in [4.69, 9.17) is 0 Å². The quantitative estimate of drug-likeness (QED) is 0.544. The van der Waals surface area contributed by atoms with Gasteiger partial charge in [-0.1, -0.05) is 47.5 Å². The summed E-state index contributed by atoms with van der Waals surface area (Å²) in [5, 5.41) is 0. The van der Waals surface area contributed by atoms with Crippen LogP contribution in [0.4, 0.5) is 26.3 Å². The zero-order valence-electron chi connectivity index (χ0n) is 12.2. The highest BCUT2D eigenvalue weighted by atomic mass is 19.4. The van der Waals surface area contributed by atoms with Gasteiger partial charge in [-0.25, -0.2) is 0 Å². The molecule has 0 aromatic heterocycles. The molecule has 0 amide bonds. The van der Waals surface area contributed by atoms with Crippen molar-refractivity contribution in [2.75, 3.05) is 0 Å². The van der Waals surface area contributed by atoms with Gasteiger partial charge in [0.15, 0.2) is 0 Å². The molecule has 0 nitrogen and oxygen atoms in total. The standard InChI is InChI=1S/C17H12F6/c1-9-3-5-11-12-6-4-10(2)8-14(12)15(13(11)7-9,16(18,19)20)17(21,22)23/h3-8H,1-2H3. The summed E-state index contributed by atoms with van der Waals surface area (Å²) in [5.41, 5.74) is -4.78. The van der Waals surface area contributed by atoms with Crippen LogP contribution in [-0.4, -0.2) is 12.4 Å². The molecule has 0 unspecified atom stereocenters. The Morgan fingerprint density at radius 1 is 0.652 bits per heavy atom. The maximum atomic E-state index is 13.8. The second kappa shape index (κ2) is 4.52. The largest absolute Gasteiger partial charge is 0.411 e. The fraction of sp³-hybridized carbons (Fsp3) is 0.294. The summed E-state index contributed by atoms with van der Waals surface area (Å²) in [6.45, 7) is 2.96. The summed E-state index contributed by atoms with van der Waals surface area (Å²) in [6.07, 6.45) is -11.0. The first-order valence-electron chi connectivity index (χ1n) is 6.86. The van der Waals surface area contributed by atoms with Crippen LogP contribution in [0, 0.1) is 13.8 Å². The van der Waals surface area contributed by atoms with Gasteiger partial charge in [-0.05, 0) is 36.1 Å². The average molecular weight is 330 g/mol. The van der Waals surface area contributed by atoms with Crippen LogP contribution < -0.4 is 0 Å². The van der Waals surface area contributed by atoms with E-state index in [1.807, 2.05) is 0 Å². The van der Waals surface area contributed by atoms with Gasteiger partial charge in [0.2, 0.25) is 5.41 Å². The Balaban J connectivity index is 2.54. The number of fused-ring (bicyclic) bond motifs is 3. The van der Waals surface area contributed by atoms with Crippen molar-refractivity contribution in [3.05, 3.63) is 58.7 Å². The van der Waals surface area contributed by atoms with Crippen molar-refractivity contribution >= 4 is 0 Å². The molecule has 0 saturated carbocycles. The van der Waals surface area contributed by atoms with Crippen molar-refractivity contribution in [3.8, 4) is 11.1 Å². The first-order valence-corrected chi connectivity index (χ1v) is 6.86. The summed E-state index contributed by atoms with van der Waals surface area (Å²) >= 11 is 0. The fourth-order valence-corrected chi connectivity index (χ4v) is 3.32. The lowest BCUT2D eigenvalue weighted by atomic mass is 9.76. The first kappa shape index (κ1) is 15.9. The molecule has 1 aliphatic carbocycles. The van der Waals surface area contributed by atoms with Gasteiger partial charge in [0, 0.05) is 0 Å². The molecular weight excluding hydrogens is 318 g/mol. The van der Waals surface area contributed by atoms with Gasteiger partial charge in [-0.2, -0.15) is 26.3 Å². The third-order valence-corrected chi connectivity index (χ3v) is 4.30. The lowest BCUT2D eigenvalue weighted by molar-refractivity contribution is -0.287. The summed E-state index contributed by atoms with van der Waals surface area (Å²) in [7, 11) is 0. The molecule has 0 spiro atoms. The summed E-state index contributed by atoms with van der Waals surface area (Å²) in [5.74, 6) is 0. The van der Waals surface area contributed by atoms with Crippen LogP contribution >= 0.6 is 0 Å². The van der Waals surface area contributed by atoms with Crippen molar-refractivity contribution in [1.29, 1.82) is 0 Å². The van der Waals surface area contributed by atoms with Crippen LogP contribution in [0.2, 0.25) is 0 Å². The normalized spacial score (nSPS) is 16.2. The predicted octanol–water partition coefficient (Wildman–Crippen LogP) is 5.69. The summed E-state index contributed by atoms with van der Waals surface area (Å²) in [6, 6.07) is 7.68. The van der Waals surface area contributed by atoms with Crippen LogP contribution in [0.1, 0.15) is 22.3 Å². The third kappa shape index (κ3) is 1.93. The lowest BCUT2D eigenvalue weighted by Crippen LogP contribution is -2.53. The van der Waals surface area contributed by atoms with E-state index >= 15 is 0 Å². The van der Waals surface area contributed by atoms with Gasteiger partial charge in [0.05, 0.1) is 0 Å². The molecule has 0 radical (unpaired) electrons. The summed E-state index contributed by atoms with van der Waals surface area (Å²) in [4.78, 5) is 0. The second-order valence-corrected chi connectivity index (χ2v) is 5.84. The van der Waals surface area contributed by atoms with E-state index in [1.165, 1.54) is 38.1 Å². The molecule has 3 rings (SSSR count). The molecular formula is C17H12F6. The van der Waals surface area contributed by atoms with Gasteiger partial charge in [0.1, 0.15) is 0 Å². The maximum absolute atomic E-state index is 13.8. The Morgan fingerprint density at radius 2 is 1.00 bits per heavy atom. The Morgan fingerprint density at radius 3 is 1.30 bits per heavy atom. The van der Waals surface area contributed by atoms with Gasteiger partial charge < -0.3 is 0 Å². The number of halogens is 6. The number of hydrogen-bond donors (Lipinski definition) is 0. The number of alkyl halides is 6. The zero-order chi connectivity index (χ0) is 17.2. The van der Waals surface area contributed by atoms with Crippen molar-refractivity contribution in [1.82, 2.24) is 0 Å². The molecule has 2 aromatic carbocycles. The molecule has 0 saturated heterocycles. The van der Waals surface area contributed by atoms with E-state index in [0.717, 1.165) is 12.1 Å². The van der Waals surface area contributed by atoms with Crippen LogP contribution in [0.5, 0.6) is 0 Å². The lowest BCUT2D eigenvalue weighted by Gasteiger charge is -2.36.